The summed E-state index contributed by atoms with van der Waals surface area (Å²) in [6.45, 7) is 0. The van der Waals surface area contributed by atoms with Gasteiger partial charge in [0.15, 0.2) is 0 Å². The second-order valence-electron chi connectivity index (χ2n) is 7.95. The Hall–Kier alpha value is -4.70. The number of ether oxygens (including phenoxy) is 2. The minimum atomic E-state index is 0.665. The molecule has 0 fully saturated rings. The topological polar surface area (TPSA) is 70.5 Å². The van der Waals surface area contributed by atoms with Crippen LogP contribution in [0, 0.1) is 0 Å². The number of anilines is 2. The van der Waals surface area contributed by atoms with E-state index in [1.54, 1.807) is 6.07 Å². The molecule has 0 aliphatic carbocycles. The van der Waals surface area contributed by atoms with Gasteiger partial charge in [0, 0.05) is 23.5 Å². The maximum atomic E-state index is 6.10. The van der Waals surface area contributed by atoms with Gasteiger partial charge in [0.1, 0.15) is 23.0 Å². The van der Waals surface area contributed by atoms with Gasteiger partial charge in [-0.2, -0.15) is 0 Å². The molecule has 0 unspecified atom stereocenters. The van der Waals surface area contributed by atoms with Crippen LogP contribution in [0.2, 0.25) is 0 Å². The van der Waals surface area contributed by atoms with Crippen molar-refractivity contribution in [3.63, 3.8) is 0 Å². The Balaban J connectivity index is 1.47. The van der Waals surface area contributed by atoms with E-state index < -0.39 is 0 Å². The van der Waals surface area contributed by atoms with Gasteiger partial charge >= 0.3 is 0 Å². The molecule has 0 atom stereocenters. The van der Waals surface area contributed by atoms with Crippen LogP contribution in [-0.2, 0) is 0 Å². The zero-order valence-corrected chi connectivity index (χ0v) is 18.5. The molecule has 4 heteroatoms. The number of hydrogen-bond donors (Lipinski definition) is 2. The summed E-state index contributed by atoms with van der Waals surface area (Å²) in [6.07, 6.45) is 0. The van der Waals surface area contributed by atoms with Crippen LogP contribution >= 0.6 is 0 Å². The van der Waals surface area contributed by atoms with Crippen LogP contribution in [0.25, 0.3) is 22.3 Å². The van der Waals surface area contributed by atoms with Gasteiger partial charge in [-0.1, -0.05) is 60.7 Å². The Morgan fingerprint density at radius 2 is 0.912 bits per heavy atom. The van der Waals surface area contributed by atoms with Crippen molar-refractivity contribution in [2.45, 2.75) is 0 Å². The molecule has 5 aromatic rings. The van der Waals surface area contributed by atoms with E-state index >= 15 is 0 Å². The van der Waals surface area contributed by atoms with Crippen LogP contribution in [0.3, 0.4) is 0 Å². The van der Waals surface area contributed by atoms with Crippen molar-refractivity contribution in [3.8, 4) is 45.3 Å². The van der Waals surface area contributed by atoms with Crippen molar-refractivity contribution in [3.05, 3.63) is 121 Å². The molecule has 0 bridgehead atoms. The van der Waals surface area contributed by atoms with Gasteiger partial charge in [-0.15, -0.1) is 0 Å². The van der Waals surface area contributed by atoms with Crippen LogP contribution in [-0.4, -0.2) is 0 Å². The second-order valence-corrected chi connectivity index (χ2v) is 7.95. The van der Waals surface area contributed by atoms with E-state index in [1.165, 1.54) is 0 Å². The van der Waals surface area contributed by atoms with Crippen LogP contribution < -0.4 is 20.9 Å². The largest absolute Gasteiger partial charge is 0.457 e. The third kappa shape index (κ3) is 4.87. The summed E-state index contributed by atoms with van der Waals surface area (Å²) in [5.74, 6) is 2.91. The third-order valence-electron chi connectivity index (χ3n) is 5.43. The van der Waals surface area contributed by atoms with Crippen molar-refractivity contribution in [1.82, 2.24) is 0 Å². The van der Waals surface area contributed by atoms with Crippen molar-refractivity contribution in [2.24, 2.45) is 0 Å². The van der Waals surface area contributed by atoms with Gasteiger partial charge in [0.05, 0.1) is 0 Å². The highest BCUT2D eigenvalue weighted by Crippen LogP contribution is 2.37. The second kappa shape index (κ2) is 9.43. The third-order valence-corrected chi connectivity index (χ3v) is 5.43. The average molecular weight is 445 g/mol. The van der Waals surface area contributed by atoms with Gasteiger partial charge in [-0.25, -0.2) is 0 Å². The molecular formula is C30H24N2O2. The fourth-order valence-electron chi connectivity index (χ4n) is 3.83. The molecule has 0 heterocycles. The van der Waals surface area contributed by atoms with Crippen LogP contribution in [0.15, 0.2) is 121 Å². The molecule has 0 aromatic heterocycles. The summed E-state index contributed by atoms with van der Waals surface area (Å²) in [6, 6.07) is 39.3. The SMILES string of the molecule is Nc1cccc(Oc2ccc(-c3ccc(Oc4cccc(N)c4)cc3-c3ccccc3)cc2)c1. The Kier molecular flexibility index (Phi) is 5.87. The maximum absolute atomic E-state index is 6.10. The highest BCUT2D eigenvalue weighted by molar-refractivity contribution is 5.84. The van der Waals surface area contributed by atoms with Crippen LogP contribution in [0.4, 0.5) is 11.4 Å². The molecule has 0 spiro atoms. The Morgan fingerprint density at radius 3 is 1.53 bits per heavy atom. The van der Waals surface area contributed by atoms with E-state index in [1.807, 2.05) is 78.9 Å². The summed E-state index contributed by atoms with van der Waals surface area (Å²) in [5.41, 5.74) is 17.5. The normalized spacial score (nSPS) is 10.6. The maximum Gasteiger partial charge on any atom is 0.129 e. The highest BCUT2D eigenvalue weighted by Gasteiger charge is 2.11. The first-order valence-corrected chi connectivity index (χ1v) is 11.0. The molecule has 5 aromatic carbocycles. The summed E-state index contributed by atoms with van der Waals surface area (Å²) in [7, 11) is 0. The quantitative estimate of drug-likeness (QED) is 0.262. The average Bonchev–Trinajstić information content (AvgIpc) is 2.85. The Labute approximate surface area is 199 Å². The van der Waals surface area contributed by atoms with Gasteiger partial charge in [-0.3, -0.25) is 0 Å². The standard InChI is InChI=1S/C30H24N2O2/c31-23-8-4-10-26(18-23)33-25-14-12-22(13-15-25)29-17-16-28(34-27-11-5-9-24(32)19-27)20-30(29)21-6-2-1-3-7-21/h1-20H,31-32H2. The predicted octanol–water partition coefficient (Wildman–Crippen LogP) is 7.77. The van der Waals surface area contributed by atoms with Gasteiger partial charge in [0.2, 0.25) is 0 Å². The van der Waals surface area contributed by atoms with Gasteiger partial charge < -0.3 is 20.9 Å². The molecule has 4 nitrogen and oxygen atoms in total. The summed E-state index contributed by atoms with van der Waals surface area (Å²) >= 11 is 0. The molecular weight excluding hydrogens is 420 g/mol. The van der Waals surface area contributed by atoms with Crippen molar-refractivity contribution in [2.75, 3.05) is 11.5 Å². The number of nitrogen functional groups attached to an aromatic ring is 2. The van der Waals surface area contributed by atoms with E-state index in [0.717, 1.165) is 33.8 Å². The van der Waals surface area contributed by atoms with E-state index in [0.29, 0.717) is 22.9 Å². The zero-order valence-electron chi connectivity index (χ0n) is 18.5. The molecule has 0 amide bonds. The number of benzene rings is 5. The lowest BCUT2D eigenvalue weighted by molar-refractivity contribution is 0.482. The number of rotatable bonds is 6. The van der Waals surface area contributed by atoms with E-state index in [4.69, 9.17) is 20.9 Å². The number of hydrogen-bond acceptors (Lipinski definition) is 4. The molecule has 34 heavy (non-hydrogen) atoms. The molecule has 0 aliphatic rings. The first-order valence-electron chi connectivity index (χ1n) is 11.0. The molecule has 0 saturated heterocycles. The molecule has 4 N–H and O–H groups in total. The van der Waals surface area contributed by atoms with Crippen molar-refractivity contribution < 1.29 is 9.47 Å². The summed E-state index contributed by atoms with van der Waals surface area (Å²) < 4.78 is 12.0. The van der Waals surface area contributed by atoms with Crippen LogP contribution in [0.5, 0.6) is 23.0 Å². The van der Waals surface area contributed by atoms with E-state index in [-0.39, 0.29) is 0 Å². The summed E-state index contributed by atoms with van der Waals surface area (Å²) in [5, 5.41) is 0. The molecule has 0 aliphatic heterocycles. The number of nitrogens with two attached hydrogens (primary N) is 2. The van der Waals surface area contributed by atoms with Gasteiger partial charge in [0.25, 0.3) is 0 Å². The van der Waals surface area contributed by atoms with Crippen molar-refractivity contribution in [1.29, 1.82) is 0 Å². The Bertz CT molecular complexity index is 1410. The molecule has 166 valence electrons. The van der Waals surface area contributed by atoms with Gasteiger partial charge in [-0.05, 0) is 70.8 Å². The first-order chi connectivity index (χ1) is 16.6. The molecule has 0 radical (unpaired) electrons. The van der Waals surface area contributed by atoms with E-state index in [9.17, 15) is 0 Å². The summed E-state index contributed by atoms with van der Waals surface area (Å²) in [4.78, 5) is 0. The monoisotopic (exact) mass is 444 g/mol. The minimum absolute atomic E-state index is 0.665. The highest BCUT2D eigenvalue weighted by atomic mass is 16.5. The smallest absolute Gasteiger partial charge is 0.129 e. The lowest BCUT2D eigenvalue weighted by atomic mass is 9.94. The fraction of sp³-hybridized carbons (Fsp3) is 0. The fourth-order valence-corrected chi connectivity index (χ4v) is 3.83. The predicted molar refractivity (Wildman–Crippen MR) is 139 cm³/mol. The minimum Gasteiger partial charge on any atom is -0.457 e. The Morgan fingerprint density at radius 1 is 0.382 bits per heavy atom. The lowest BCUT2D eigenvalue weighted by Gasteiger charge is -2.14. The lowest BCUT2D eigenvalue weighted by Crippen LogP contribution is -1.91. The van der Waals surface area contributed by atoms with Crippen molar-refractivity contribution >= 4 is 11.4 Å². The van der Waals surface area contributed by atoms with Crippen LogP contribution in [0.1, 0.15) is 0 Å². The first kappa shape index (κ1) is 21.2. The zero-order chi connectivity index (χ0) is 23.3. The molecule has 0 saturated carbocycles. The van der Waals surface area contributed by atoms with E-state index in [2.05, 4.69) is 36.4 Å². The molecule has 5 rings (SSSR count).